The van der Waals surface area contributed by atoms with Crippen LogP contribution >= 0.6 is 15.9 Å². The average molecular weight is 373 g/mol. The minimum atomic E-state index is 0.919. The van der Waals surface area contributed by atoms with Crippen LogP contribution in [0.5, 0.6) is 0 Å². The number of benzene rings is 4. The summed E-state index contributed by atoms with van der Waals surface area (Å²) in [5.74, 6) is 0. The van der Waals surface area contributed by atoms with Crippen LogP contribution in [0.3, 0.4) is 0 Å². The maximum atomic E-state index is 5.02. The van der Waals surface area contributed by atoms with Crippen LogP contribution in [0.15, 0.2) is 65.1 Å². The molecule has 0 spiro atoms. The lowest BCUT2D eigenvalue weighted by atomic mass is 9.99. The van der Waals surface area contributed by atoms with Crippen molar-refractivity contribution in [2.75, 3.05) is 0 Å². The fourth-order valence-electron chi connectivity index (χ4n) is 3.46. The fourth-order valence-corrected chi connectivity index (χ4v) is 3.87. The number of halogens is 1. The molecule has 2 nitrogen and oxygen atoms in total. The number of aromatic nitrogens is 2. The van der Waals surface area contributed by atoms with Crippen molar-refractivity contribution >= 4 is 59.5 Å². The summed E-state index contributed by atoms with van der Waals surface area (Å²) >= 11 is 3.63. The van der Waals surface area contributed by atoms with E-state index < -0.39 is 0 Å². The van der Waals surface area contributed by atoms with Crippen molar-refractivity contribution in [2.24, 2.45) is 0 Å². The first-order valence-corrected chi connectivity index (χ1v) is 8.69. The monoisotopic (exact) mass is 372 g/mol. The van der Waals surface area contributed by atoms with Gasteiger partial charge in [0.15, 0.2) is 0 Å². The summed E-state index contributed by atoms with van der Waals surface area (Å²) in [5, 5.41) is 4.74. The van der Waals surface area contributed by atoms with Crippen molar-refractivity contribution in [1.29, 1.82) is 0 Å². The van der Waals surface area contributed by atoms with Gasteiger partial charge in [-0.15, -0.1) is 0 Å². The van der Waals surface area contributed by atoms with Gasteiger partial charge >= 0.3 is 0 Å². The molecule has 0 aliphatic heterocycles. The van der Waals surface area contributed by atoms with Crippen LogP contribution in [0.25, 0.3) is 43.6 Å². The van der Waals surface area contributed by atoms with Gasteiger partial charge < -0.3 is 0 Å². The number of nitrogens with zero attached hydrogens (tertiary/aromatic N) is 2. The van der Waals surface area contributed by atoms with Crippen molar-refractivity contribution < 1.29 is 0 Å². The molecular formula is C21H13BrN2. The number of hydrogen-bond donors (Lipinski definition) is 0. The third-order valence-corrected chi connectivity index (χ3v) is 5.27. The van der Waals surface area contributed by atoms with Gasteiger partial charge in [-0.2, -0.15) is 0 Å². The van der Waals surface area contributed by atoms with Gasteiger partial charge in [-0.3, -0.25) is 0 Å². The van der Waals surface area contributed by atoms with E-state index in [1.807, 2.05) is 6.07 Å². The first-order valence-electron chi connectivity index (χ1n) is 7.90. The SMILES string of the molecule is Cc1ccc(Br)c2nc3c4ccccc4c4ccccc4c3nc12. The van der Waals surface area contributed by atoms with Crippen LogP contribution in [0.4, 0.5) is 0 Å². The standard InChI is InChI=1S/C21H13BrN2/c1-12-10-11-17(22)21-18(12)23-19-15-8-4-2-6-13(15)14-7-3-5-9-16(14)20(19)24-21/h2-11H,1H3. The second kappa shape index (κ2) is 4.99. The lowest BCUT2D eigenvalue weighted by Gasteiger charge is -2.11. The first-order chi connectivity index (χ1) is 11.7. The molecule has 0 saturated heterocycles. The predicted octanol–water partition coefficient (Wildman–Crippen LogP) is 6.16. The van der Waals surface area contributed by atoms with Crippen LogP contribution in [0, 0.1) is 6.92 Å². The van der Waals surface area contributed by atoms with Gasteiger partial charge in [-0.05, 0) is 45.3 Å². The molecule has 0 fully saturated rings. The average Bonchev–Trinajstić information content (AvgIpc) is 2.64. The zero-order valence-electron chi connectivity index (χ0n) is 13.0. The normalized spacial score (nSPS) is 11.8. The molecule has 0 unspecified atom stereocenters. The molecule has 0 atom stereocenters. The highest BCUT2D eigenvalue weighted by molar-refractivity contribution is 9.10. The predicted molar refractivity (Wildman–Crippen MR) is 104 cm³/mol. The second-order valence-electron chi connectivity index (χ2n) is 6.07. The van der Waals surface area contributed by atoms with Gasteiger partial charge in [0, 0.05) is 15.2 Å². The van der Waals surface area contributed by atoms with Gasteiger partial charge in [0.25, 0.3) is 0 Å². The number of rotatable bonds is 0. The molecule has 0 bridgehead atoms. The van der Waals surface area contributed by atoms with Crippen LogP contribution in [0.1, 0.15) is 5.56 Å². The maximum Gasteiger partial charge on any atom is 0.104 e. The summed E-state index contributed by atoms with van der Waals surface area (Å²) in [6.45, 7) is 2.08. The van der Waals surface area contributed by atoms with E-state index in [-0.39, 0.29) is 0 Å². The summed E-state index contributed by atoms with van der Waals surface area (Å²) in [6, 6.07) is 21.0. The van der Waals surface area contributed by atoms with Crippen molar-refractivity contribution in [3.8, 4) is 0 Å². The molecule has 3 heteroatoms. The summed E-state index contributed by atoms with van der Waals surface area (Å²) in [5.41, 5.74) is 4.95. The van der Waals surface area contributed by atoms with Crippen molar-refractivity contribution in [2.45, 2.75) is 6.92 Å². The smallest absolute Gasteiger partial charge is 0.104 e. The molecule has 4 aromatic carbocycles. The van der Waals surface area contributed by atoms with Crippen LogP contribution in [-0.2, 0) is 0 Å². The fraction of sp³-hybridized carbons (Fsp3) is 0.0476. The Morgan fingerprint density at radius 2 is 1.08 bits per heavy atom. The Labute approximate surface area is 147 Å². The Bertz CT molecular complexity index is 1180. The maximum absolute atomic E-state index is 5.02. The van der Waals surface area contributed by atoms with Gasteiger partial charge in [0.05, 0.1) is 16.6 Å². The minimum Gasteiger partial charge on any atom is -0.243 e. The zero-order chi connectivity index (χ0) is 16.3. The Morgan fingerprint density at radius 1 is 0.583 bits per heavy atom. The van der Waals surface area contributed by atoms with Gasteiger partial charge in [0.2, 0.25) is 0 Å². The van der Waals surface area contributed by atoms with Gasteiger partial charge in [-0.25, -0.2) is 9.97 Å². The second-order valence-corrected chi connectivity index (χ2v) is 6.93. The highest BCUT2D eigenvalue weighted by Gasteiger charge is 2.13. The van der Waals surface area contributed by atoms with E-state index >= 15 is 0 Å². The van der Waals surface area contributed by atoms with Gasteiger partial charge in [-0.1, -0.05) is 54.6 Å². The molecule has 0 N–H and O–H groups in total. The van der Waals surface area contributed by atoms with E-state index in [1.54, 1.807) is 0 Å². The molecule has 114 valence electrons. The van der Waals surface area contributed by atoms with E-state index in [0.717, 1.165) is 42.9 Å². The highest BCUT2D eigenvalue weighted by Crippen LogP contribution is 2.35. The van der Waals surface area contributed by atoms with Gasteiger partial charge in [0.1, 0.15) is 5.52 Å². The molecule has 1 aromatic heterocycles. The Kier molecular flexibility index (Phi) is 2.88. The summed E-state index contributed by atoms with van der Waals surface area (Å²) < 4.78 is 0.981. The van der Waals surface area contributed by atoms with Crippen LogP contribution < -0.4 is 0 Å². The van der Waals surface area contributed by atoms with E-state index in [0.29, 0.717) is 0 Å². The lowest BCUT2D eigenvalue weighted by molar-refractivity contribution is 1.36. The molecule has 0 amide bonds. The van der Waals surface area contributed by atoms with Crippen molar-refractivity contribution in [3.63, 3.8) is 0 Å². The number of fused-ring (bicyclic) bond motifs is 7. The number of aryl methyl sites for hydroxylation is 1. The molecule has 24 heavy (non-hydrogen) atoms. The quantitative estimate of drug-likeness (QED) is 0.240. The van der Waals surface area contributed by atoms with E-state index in [1.165, 1.54) is 10.8 Å². The van der Waals surface area contributed by atoms with E-state index in [2.05, 4.69) is 77.5 Å². The Balaban J connectivity index is 2.17. The van der Waals surface area contributed by atoms with Crippen LogP contribution in [-0.4, -0.2) is 9.97 Å². The molecule has 0 aliphatic rings. The van der Waals surface area contributed by atoms with E-state index in [9.17, 15) is 0 Å². The molecule has 0 saturated carbocycles. The van der Waals surface area contributed by atoms with Crippen molar-refractivity contribution in [3.05, 3.63) is 70.7 Å². The molecule has 5 rings (SSSR count). The summed E-state index contributed by atoms with van der Waals surface area (Å²) in [4.78, 5) is 10.0. The summed E-state index contributed by atoms with van der Waals surface area (Å²) in [6.07, 6.45) is 0. The first kappa shape index (κ1) is 13.9. The van der Waals surface area contributed by atoms with Crippen LogP contribution in [0.2, 0.25) is 0 Å². The zero-order valence-corrected chi connectivity index (χ0v) is 14.6. The Morgan fingerprint density at radius 3 is 1.67 bits per heavy atom. The molecule has 5 aromatic rings. The summed E-state index contributed by atoms with van der Waals surface area (Å²) in [7, 11) is 0. The van der Waals surface area contributed by atoms with Crippen molar-refractivity contribution in [1.82, 2.24) is 9.97 Å². The third kappa shape index (κ3) is 1.82. The minimum absolute atomic E-state index is 0.919. The lowest BCUT2D eigenvalue weighted by Crippen LogP contribution is -1.93. The molecular weight excluding hydrogens is 360 g/mol. The number of hydrogen-bond acceptors (Lipinski definition) is 2. The molecule has 0 aliphatic carbocycles. The topological polar surface area (TPSA) is 25.8 Å². The largest absolute Gasteiger partial charge is 0.243 e. The third-order valence-electron chi connectivity index (χ3n) is 4.63. The van der Waals surface area contributed by atoms with E-state index in [4.69, 9.17) is 9.97 Å². The molecule has 0 radical (unpaired) electrons. The Hall–Kier alpha value is -2.52. The molecule has 1 heterocycles. The highest BCUT2D eigenvalue weighted by atomic mass is 79.9.